The molecule has 0 bridgehead atoms. The molecule has 1 heterocycles. The van der Waals surface area contributed by atoms with Crippen molar-refractivity contribution in [3.8, 4) is 0 Å². The normalized spacial score (nSPS) is 15.1. The Morgan fingerprint density at radius 1 is 1.32 bits per heavy atom. The molecule has 0 spiro atoms. The molecular weight excluding hydrogens is 266 g/mol. The van der Waals surface area contributed by atoms with Crippen molar-refractivity contribution in [2.24, 2.45) is 0 Å². The molecule has 1 aliphatic heterocycles. The number of thiocarbonyl (C=S) groups is 1. The number of methoxy groups -OCH3 is 1. The Morgan fingerprint density at radius 3 is 2.68 bits per heavy atom. The van der Waals surface area contributed by atoms with E-state index in [0.29, 0.717) is 51.0 Å². The second-order valence-electron chi connectivity index (χ2n) is 4.27. The molecule has 2 N–H and O–H groups in total. The lowest BCUT2D eigenvalue weighted by Gasteiger charge is -2.26. The van der Waals surface area contributed by atoms with E-state index in [1.54, 1.807) is 7.11 Å². The number of ether oxygens (including phenoxy) is 2. The van der Waals surface area contributed by atoms with Crippen LogP contribution in [-0.4, -0.2) is 69.0 Å². The minimum absolute atomic E-state index is 0.151. The maximum absolute atomic E-state index is 11.8. The highest BCUT2D eigenvalue weighted by Crippen LogP contribution is 1.99. The number of nitrogens with one attached hydrogen (secondary N) is 2. The summed E-state index contributed by atoms with van der Waals surface area (Å²) in [7, 11) is 1.67. The van der Waals surface area contributed by atoms with E-state index >= 15 is 0 Å². The Morgan fingerprint density at radius 2 is 2.00 bits per heavy atom. The molecule has 1 aliphatic rings. The predicted octanol–water partition coefficient (Wildman–Crippen LogP) is -0.264. The summed E-state index contributed by atoms with van der Waals surface area (Å²) >= 11 is 5.10. The largest absolute Gasteiger partial charge is 0.385 e. The summed E-state index contributed by atoms with van der Waals surface area (Å²) in [6, 6.07) is 0. The first-order valence-corrected chi connectivity index (χ1v) is 7.01. The van der Waals surface area contributed by atoms with Gasteiger partial charge in [-0.2, -0.15) is 0 Å². The SMILES string of the molecule is COCCCNC(=S)NCCC(=O)N1CCOCC1. The number of carbonyl (C=O) groups is 1. The van der Waals surface area contributed by atoms with Crippen molar-refractivity contribution in [3.05, 3.63) is 0 Å². The monoisotopic (exact) mass is 289 g/mol. The number of nitrogens with zero attached hydrogens (tertiary/aromatic N) is 1. The van der Waals surface area contributed by atoms with Crippen LogP contribution < -0.4 is 10.6 Å². The van der Waals surface area contributed by atoms with E-state index in [-0.39, 0.29) is 5.91 Å². The van der Waals surface area contributed by atoms with Crippen LogP contribution in [0.1, 0.15) is 12.8 Å². The summed E-state index contributed by atoms with van der Waals surface area (Å²) in [6.07, 6.45) is 1.37. The van der Waals surface area contributed by atoms with Gasteiger partial charge in [0.2, 0.25) is 5.91 Å². The lowest BCUT2D eigenvalue weighted by atomic mass is 10.3. The molecule has 0 radical (unpaired) electrons. The molecular formula is C12H23N3O3S. The van der Waals surface area contributed by atoms with E-state index in [1.807, 2.05) is 4.90 Å². The number of morpholine rings is 1. The zero-order valence-electron chi connectivity index (χ0n) is 11.4. The minimum atomic E-state index is 0.151. The molecule has 1 saturated heterocycles. The highest BCUT2D eigenvalue weighted by molar-refractivity contribution is 7.80. The van der Waals surface area contributed by atoms with Crippen molar-refractivity contribution < 1.29 is 14.3 Å². The molecule has 0 aliphatic carbocycles. The maximum atomic E-state index is 11.8. The highest BCUT2D eigenvalue weighted by Gasteiger charge is 2.15. The summed E-state index contributed by atoms with van der Waals surface area (Å²) in [5.41, 5.74) is 0. The fraction of sp³-hybridized carbons (Fsp3) is 0.833. The van der Waals surface area contributed by atoms with E-state index in [0.717, 1.165) is 13.0 Å². The van der Waals surface area contributed by atoms with Crippen LogP contribution in [0.15, 0.2) is 0 Å². The first-order chi connectivity index (χ1) is 9.24. The van der Waals surface area contributed by atoms with Crippen LogP contribution in [0.4, 0.5) is 0 Å². The zero-order valence-corrected chi connectivity index (χ0v) is 12.3. The number of carbonyl (C=O) groups excluding carboxylic acids is 1. The Bertz CT molecular complexity index is 283. The van der Waals surface area contributed by atoms with Gasteiger partial charge in [0.15, 0.2) is 5.11 Å². The van der Waals surface area contributed by atoms with E-state index in [4.69, 9.17) is 21.7 Å². The van der Waals surface area contributed by atoms with Crippen LogP contribution in [0.2, 0.25) is 0 Å². The smallest absolute Gasteiger partial charge is 0.224 e. The molecule has 0 aromatic rings. The Kier molecular flexibility index (Phi) is 8.44. The average molecular weight is 289 g/mol. The first-order valence-electron chi connectivity index (χ1n) is 6.60. The third-order valence-corrected chi connectivity index (χ3v) is 3.09. The number of hydrogen-bond acceptors (Lipinski definition) is 4. The van der Waals surface area contributed by atoms with Crippen molar-refractivity contribution in [1.29, 1.82) is 0 Å². The molecule has 0 saturated carbocycles. The summed E-state index contributed by atoms with van der Waals surface area (Å²) in [6.45, 7) is 4.71. The van der Waals surface area contributed by atoms with Gasteiger partial charge in [-0.25, -0.2) is 0 Å². The van der Waals surface area contributed by atoms with Crippen molar-refractivity contribution in [3.63, 3.8) is 0 Å². The molecule has 0 aromatic carbocycles. The van der Waals surface area contributed by atoms with Crippen molar-refractivity contribution in [2.45, 2.75) is 12.8 Å². The molecule has 1 amide bonds. The average Bonchev–Trinajstić information content (AvgIpc) is 2.44. The van der Waals surface area contributed by atoms with Crippen LogP contribution in [-0.2, 0) is 14.3 Å². The minimum Gasteiger partial charge on any atom is -0.385 e. The van der Waals surface area contributed by atoms with Crippen molar-refractivity contribution in [1.82, 2.24) is 15.5 Å². The van der Waals surface area contributed by atoms with Crippen molar-refractivity contribution >= 4 is 23.2 Å². The Labute approximate surface area is 119 Å². The van der Waals surface area contributed by atoms with Gasteiger partial charge < -0.3 is 25.0 Å². The van der Waals surface area contributed by atoms with Crippen LogP contribution in [0.5, 0.6) is 0 Å². The van der Waals surface area contributed by atoms with Crippen LogP contribution in [0.25, 0.3) is 0 Å². The molecule has 1 rings (SSSR count). The van der Waals surface area contributed by atoms with Crippen LogP contribution in [0.3, 0.4) is 0 Å². The fourth-order valence-corrected chi connectivity index (χ4v) is 1.94. The van der Waals surface area contributed by atoms with Crippen LogP contribution in [0, 0.1) is 0 Å². The second kappa shape index (κ2) is 9.94. The van der Waals surface area contributed by atoms with Gasteiger partial charge in [-0.3, -0.25) is 4.79 Å². The zero-order chi connectivity index (χ0) is 13.9. The van der Waals surface area contributed by atoms with Gasteiger partial charge in [-0.05, 0) is 18.6 Å². The topological polar surface area (TPSA) is 62.8 Å². The van der Waals surface area contributed by atoms with Gasteiger partial charge in [0.1, 0.15) is 0 Å². The lowest BCUT2D eigenvalue weighted by molar-refractivity contribution is -0.135. The molecule has 0 unspecified atom stereocenters. The molecule has 0 aromatic heterocycles. The lowest BCUT2D eigenvalue weighted by Crippen LogP contribution is -2.43. The van der Waals surface area contributed by atoms with Crippen molar-refractivity contribution in [2.75, 3.05) is 53.1 Å². The molecule has 7 heteroatoms. The van der Waals surface area contributed by atoms with E-state index in [9.17, 15) is 4.79 Å². The van der Waals surface area contributed by atoms with Gasteiger partial charge >= 0.3 is 0 Å². The molecule has 1 fully saturated rings. The number of hydrogen-bond donors (Lipinski definition) is 2. The fourth-order valence-electron chi connectivity index (χ4n) is 1.73. The third-order valence-electron chi connectivity index (χ3n) is 2.80. The molecule has 6 nitrogen and oxygen atoms in total. The summed E-state index contributed by atoms with van der Waals surface area (Å²) < 4.78 is 10.1. The molecule has 19 heavy (non-hydrogen) atoms. The summed E-state index contributed by atoms with van der Waals surface area (Å²) in [5, 5.41) is 6.69. The summed E-state index contributed by atoms with van der Waals surface area (Å²) in [4.78, 5) is 13.7. The van der Waals surface area contributed by atoms with Gasteiger partial charge in [-0.15, -0.1) is 0 Å². The van der Waals surface area contributed by atoms with E-state index in [1.165, 1.54) is 0 Å². The van der Waals surface area contributed by atoms with Gasteiger partial charge in [0.25, 0.3) is 0 Å². The van der Waals surface area contributed by atoms with Crippen LogP contribution >= 0.6 is 12.2 Å². The third kappa shape index (κ3) is 7.29. The van der Waals surface area contributed by atoms with Gasteiger partial charge in [0.05, 0.1) is 13.2 Å². The quantitative estimate of drug-likeness (QED) is 0.497. The highest BCUT2D eigenvalue weighted by atomic mass is 32.1. The number of amides is 1. The number of rotatable bonds is 7. The Balaban J connectivity index is 2.02. The summed E-state index contributed by atoms with van der Waals surface area (Å²) in [5.74, 6) is 0.151. The van der Waals surface area contributed by atoms with E-state index in [2.05, 4.69) is 10.6 Å². The first kappa shape index (κ1) is 16.1. The standard InChI is InChI=1S/C12H23N3O3S/c1-17-8-2-4-13-12(19)14-5-3-11(16)15-6-9-18-10-7-15/h2-10H2,1H3,(H2,13,14,19). The maximum Gasteiger partial charge on any atom is 0.224 e. The molecule has 0 atom stereocenters. The molecule has 110 valence electrons. The van der Waals surface area contributed by atoms with Gasteiger partial charge in [-0.1, -0.05) is 0 Å². The Hall–Kier alpha value is -0.920. The second-order valence-corrected chi connectivity index (χ2v) is 4.68. The van der Waals surface area contributed by atoms with E-state index < -0.39 is 0 Å². The predicted molar refractivity (Wildman–Crippen MR) is 77.1 cm³/mol. The van der Waals surface area contributed by atoms with Gasteiger partial charge in [0, 0.05) is 46.3 Å².